The third-order valence-corrected chi connectivity index (χ3v) is 5.35. The average molecular weight is 404 g/mol. The predicted octanol–water partition coefficient (Wildman–Crippen LogP) is 4.73. The maximum Gasteiger partial charge on any atom is 0.410 e. The van der Waals surface area contributed by atoms with Gasteiger partial charge in [0.1, 0.15) is 11.4 Å². The number of likely N-dealkylation sites (tertiary alicyclic amines) is 1. The molecule has 0 aromatic heterocycles. The maximum absolute atomic E-state index is 12.2. The number of halogens is 2. The second-order valence-corrected chi connectivity index (χ2v) is 8.42. The third kappa shape index (κ3) is 5.18. The lowest BCUT2D eigenvalue weighted by atomic mass is 9.80. The van der Waals surface area contributed by atoms with E-state index in [0.29, 0.717) is 28.9 Å². The Morgan fingerprint density at radius 2 is 1.85 bits per heavy atom. The SMILES string of the molecule is COc1cc(Cl)c(Cl)cc1C(CO)C1CCN(C(=O)OC(C)(C)C)CC1. The topological polar surface area (TPSA) is 59.0 Å². The molecule has 1 aromatic rings. The number of amides is 1. The number of aliphatic hydroxyl groups is 1. The summed E-state index contributed by atoms with van der Waals surface area (Å²) in [7, 11) is 1.57. The number of aliphatic hydroxyl groups excluding tert-OH is 1. The fourth-order valence-electron chi connectivity index (χ4n) is 3.32. The van der Waals surface area contributed by atoms with Gasteiger partial charge in [0.25, 0.3) is 0 Å². The summed E-state index contributed by atoms with van der Waals surface area (Å²) < 4.78 is 10.9. The van der Waals surface area contributed by atoms with Crippen molar-refractivity contribution in [1.82, 2.24) is 4.90 Å². The van der Waals surface area contributed by atoms with Gasteiger partial charge in [0.05, 0.1) is 23.8 Å². The Labute approximate surface area is 165 Å². The number of ether oxygens (including phenoxy) is 2. The van der Waals surface area contributed by atoms with Crippen molar-refractivity contribution in [2.45, 2.75) is 45.1 Å². The highest BCUT2D eigenvalue weighted by Gasteiger charge is 2.32. The number of carbonyl (C=O) groups excluding carboxylic acids is 1. The van der Waals surface area contributed by atoms with E-state index in [1.165, 1.54) is 0 Å². The van der Waals surface area contributed by atoms with Crippen molar-refractivity contribution in [1.29, 1.82) is 0 Å². The first-order valence-corrected chi connectivity index (χ1v) is 9.53. The lowest BCUT2D eigenvalue weighted by Gasteiger charge is -2.36. The molecule has 1 N–H and O–H groups in total. The van der Waals surface area contributed by atoms with Crippen molar-refractivity contribution in [3.63, 3.8) is 0 Å². The van der Waals surface area contributed by atoms with E-state index in [0.717, 1.165) is 18.4 Å². The fraction of sp³-hybridized carbons (Fsp3) is 0.632. The zero-order valence-electron chi connectivity index (χ0n) is 15.7. The summed E-state index contributed by atoms with van der Waals surface area (Å²) in [5.41, 5.74) is 0.342. The van der Waals surface area contributed by atoms with Crippen LogP contribution in [0.4, 0.5) is 4.79 Å². The molecule has 0 spiro atoms. The fourth-order valence-corrected chi connectivity index (χ4v) is 3.65. The summed E-state index contributed by atoms with van der Waals surface area (Å²) in [6.07, 6.45) is 1.26. The first-order chi connectivity index (χ1) is 12.2. The van der Waals surface area contributed by atoms with Crippen molar-refractivity contribution in [3.8, 4) is 5.75 Å². The molecule has 26 heavy (non-hydrogen) atoms. The van der Waals surface area contributed by atoms with Crippen LogP contribution in [0.25, 0.3) is 0 Å². The van der Waals surface area contributed by atoms with Gasteiger partial charge in [-0.2, -0.15) is 0 Å². The van der Waals surface area contributed by atoms with Gasteiger partial charge in [-0.15, -0.1) is 0 Å². The van der Waals surface area contributed by atoms with Crippen molar-refractivity contribution < 1.29 is 19.4 Å². The number of piperidine rings is 1. The number of nitrogens with zero attached hydrogens (tertiary/aromatic N) is 1. The molecule has 1 saturated heterocycles. The van der Waals surface area contributed by atoms with Crippen LogP contribution in [-0.2, 0) is 4.74 Å². The minimum atomic E-state index is -0.505. The quantitative estimate of drug-likeness (QED) is 0.789. The molecule has 1 aromatic carbocycles. The predicted molar refractivity (Wildman–Crippen MR) is 103 cm³/mol. The zero-order chi connectivity index (χ0) is 19.5. The first-order valence-electron chi connectivity index (χ1n) is 8.78. The summed E-state index contributed by atoms with van der Waals surface area (Å²) >= 11 is 12.2. The van der Waals surface area contributed by atoms with Crippen LogP contribution in [0, 0.1) is 5.92 Å². The first kappa shape index (κ1) is 21.1. The summed E-state index contributed by atoms with van der Waals surface area (Å²) in [6.45, 7) is 6.74. The molecular formula is C19H27Cl2NO4. The van der Waals surface area contributed by atoms with Crippen molar-refractivity contribution in [2.24, 2.45) is 5.92 Å². The zero-order valence-corrected chi connectivity index (χ0v) is 17.2. The Morgan fingerprint density at radius 3 is 2.35 bits per heavy atom. The van der Waals surface area contributed by atoms with E-state index in [-0.39, 0.29) is 24.5 Å². The van der Waals surface area contributed by atoms with Gasteiger partial charge in [0.2, 0.25) is 0 Å². The molecule has 1 amide bonds. The molecule has 1 atom stereocenters. The molecule has 1 aliphatic rings. The van der Waals surface area contributed by atoms with Crippen LogP contribution in [0.5, 0.6) is 5.75 Å². The lowest BCUT2D eigenvalue weighted by molar-refractivity contribution is 0.0165. The van der Waals surface area contributed by atoms with Crippen LogP contribution in [0.3, 0.4) is 0 Å². The molecule has 1 heterocycles. The van der Waals surface area contributed by atoms with Gasteiger partial charge in [-0.1, -0.05) is 23.2 Å². The van der Waals surface area contributed by atoms with E-state index in [1.54, 1.807) is 24.1 Å². The summed E-state index contributed by atoms with van der Waals surface area (Å²) in [6, 6.07) is 3.45. The molecule has 2 rings (SSSR count). The standard InChI is InChI=1S/C19H27Cl2NO4/c1-19(2,3)26-18(24)22-7-5-12(6-8-22)14(11-23)13-9-15(20)16(21)10-17(13)25-4/h9-10,12,14,23H,5-8,11H2,1-4H3. The van der Waals surface area contributed by atoms with Gasteiger partial charge in [-0.05, 0) is 45.6 Å². The molecule has 7 heteroatoms. The molecule has 0 radical (unpaired) electrons. The summed E-state index contributed by atoms with van der Waals surface area (Å²) in [4.78, 5) is 13.9. The van der Waals surface area contributed by atoms with Gasteiger partial charge >= 0.3 is 6.09 Å². The van der Waals surface area contributed by atoms with Crippen LogP contribution in [0.15, 0.2) is 12.1 Å². The highest BCUT2D eigenvalue weighted by atomic mass is 35.5. The molecule has 0 saturated carbocycles. The van der Waals surface area contributed by atoms with E-state index in [4.69, 9.17) is 32.7 Å². The average Bonchev–Trinajstić information content (AvgIpc) is 2.57. The van der Waals surface area contributed by atoms with Gasteiger partial charge in [0, 0.05) is 30.6 Å². The molecule has 146 valence electrons. The van der Waals surface area contributed by atoms with Gasteiger partial charge in [0.15, 0.2) is 0 Å². The number of hydrogen-bond acceptors (Lipinski definition) is 4. The van der Waals surface area contributed by atoms with Crippen LogP contribution in [-0.4, -0.2) is 48.5 Å². The summed E-state index contributed by atoms with van der Waals surface area (Å²) in [5, 5.41) is 10.9. The molecular weight excluding hydrogens is 377 g/mol. The van der Waals surface area contributed by atoms with Gasteiger partial charge in [-0.25, -0.2) is 4.79 Å². The molecule has 0 bridgehead atoms. The van der Waals surface area contributed by atoms with Crippen LogP contribution in [0.2, 0.25) is 10.0 Å². The Balaban J connectivity index is 2.10. The largest absolute Gasteiger partial charge is 0.496 e. The Hall–Kier alpha value is -1.17. The Morgan fingerprint density at radius 1 is 1.27 bits per heavy atom. The van der Waals surface area contributed by atoms with E-state index in [1.807, 2.05) is 20.8 Å². The minimum Gasteiger partial charge on any atom is -0.496 e. The Bertz CT molecular complexity index is 637. The van der Waals surface area contributed by atoms with E-state index >= 15 is 0 Å². The number of methoxy groups -OCH3 is 1. The number of benzene rings is 1. The number of rotatable bonds is 4. The van der Waals surface area contributed by atoms with Crippen LogP contribution >= 0.6 is 23.2 Å². The molecule has 5 nitrogen and oxygen atoms in total. The highest BCUT2D eigenvalue weighted by Crippen LogP contribution is 2.40. The molecule has 1 unspecified atom stereocenters. The molecule has 1 aliphatic heterocycles. The maximum atomic E-state index is 12.2. The normalized spacial score (nSPS) is 17.1. The highest BCUT2D eigenvalue weighted by molar-refractivity contribution is 6.42. The third-order valence-electron chi connectivity index (χ3n) is 4.63. The van der Waals surface area contributed by atoms with E-state index < -0.39 is 5.60 Å². The number of carbonyl (C=O) groups is 1. The second kappa shape index (κ2) is 8.68. The minimum absolute atomic E-state index is 0.0224. The van der Waals surface area contributed by atoms with Crippen molar-refractivity contribution >= 4 is 29.3 Å². The lowest BCUT2D eigenvalue weighted by Crippen LogP contribution is -2.42. The number of hydrogen-bond donors (Lipinski definition) is 1. The van der Waals surface area contributed by atoms with Crippen molar-refractivity contribution in [2.75, 3.05) is 26.8 Å². The Kier molecular flexibility index (Phi) is 7.05. The van der Waals surface area contributed by atoms with Gasteiger partial charge in [-0.3, -0.25) is 0 Å². The van der Waals surface area contributed by atoms with E-state index in [9.17, 15) is 9.90 Å². The monoisotopic (exact) mass is 403 g/mol. The molecule has 1 fully saturated rings. The van der Waals surface area contributed by atoms with E-state index in [2.05, 4.69) is 0 Å². The molecule has 0 aliphatic carbocycles. The van der Waals surface area contributed by atoms with Crippen LogP contribution < -0.4 is 4.74 Å². The summed E-state index contributed by atoms with van der Waals surface area (Å²) in [5.74, 6) is 0.707. The second-order valence-electron chi connectivity index (χ2n) is 7.60. The smallest absolute Gasteiger partial charge is 0.410 e. The van der Waals surface area contributed by atoms with Gasteiger partial charge < -0.3 is 19.5 Å². The van der Waals surface area contributed by atoms with Crippen molar-refractivity contribution in [3.05, 3.63) is 27.7 Å². The van der Waals surface area contributed by atoms with Crippen LogP contribution in [0.1, 0.15) is 45.1 Å².